The van der Waals surface area contributed by atoms with E-state index in [1.165, 1.54) is 12.0 Å². The topological polar surface area (TPSA) is 32.3 Å². The number of carbonyl (C=O) groups is 1. The van der Waals surface area contributed by atoms with Crippen molar-refractivity contribution in [2.75, 3.05) is 11.9 Å². The minimum absolute atomic E-state index is 0.0379. The van der Waals surface area contributed by atoms with Crippen LogP contribution in [-0.4, -0.2) is 23.5 Å². The zero-order chi connectivity index (χ0) is 13.1. The number of nitrogens with one attached hydrogen (secondary N) is 1. The van der Waals surface area contributed by atoms with Crippen molar-refractivity contribution in [1.29, 1.82) is 0 Å². The first-order valence-corrected chi connectivity index (χ1v) is 6.73. The molecule has 3 heteroatoms. The van der Waals surface area contributed by atoms with Gasteiger partial charge in [-0.05, 0) is 57.2 Å². The fourth-order valence-corrected chi connectivity index (χ4v) is 2.46. The summed E-state index contributed by atoms with van der Waals surface area (Å²) in [6.07, 6.45) is 3.46. The molecule has 1 aromatic rings. The van der Waals surface area contributed by atoms with E-state index in [1.807, 2.05) is 30.9 Å². The average Bonchev–Trinajstić information content (AvgIpc) is 2.34. The monoisotopic (exact) mass is 246 g/mol. The zero-order valence-corrected chi connectivity index (χ0v) is 11.5. The Morgan fingerprint density at radius 1 is 1.33 bits per heavy atom. The van der Waals surface area contributed by atoms with Gasteiger partial charge in [-0.2, -0.15) is 0 Å². The van der Waals surface area contributed by atoms with Gasteiger partial charge in [0.25, 0.3) is 0 Å². The van der Waals surface area contributed by atoms with Gasteiger partial charge in [0.15, 0.2) is 0 Å². The number of hydrogen-bond acceptors (Lipinski definition) is 1. The minimum Gasteiger partial charge on any atom is -0.322 e. The van der Waals surface area contributed by atoms with Gasteiger partial charge in [-0.25, -0.2) is 4.79 Å². The first-order valence-electron chi connectivity index (χ1n) is 6.73. The molecular formula is C15H22N2O. The van der Waals surface area contributed by atoms with Gasteiger partial charge in [0.1, 0.15) is 0 Å². The summed E-state index contributed by atoms with van der Waals surface area (Å²) in [5.41, 5.74) is 3.21. The minimum atomic E-state index is 0.0379. The standard InChI is InChI=1S/C15H22N2O/c1-11-7-8-12(2)14(10-11)16-15(18)17-9-5-4-6-13(17)3/h7-8,10,13H,4-6,9H2,1-3H3,(H,16,18)/t13-/m0/s1. The fourth-order valence-electron chi connectivity index (χ4n) is 2.46. The third-order valence-electron chi connectivity index (χ3n) is 3.70. The van der Waals surface area contributed by atoms with Crippen molar-refractivity contribution in [2.45, 2.75) is 46.1 Å². The van der Waals surface area contributed by atoms with Crippen LogP contribution in [0.5, 0.6) is 0 Å². The summed E-state index contributed by atoms with van der Waals surface area (Å²) in [7, 11) is 0. The number of aryl methyl sites for hydroxylation is 2. The number of piperidine rings is 1. The largest absolute Gasteiger partial charge is 0.322 e. The molecule has 98 valence electrons. The van der Waals surface area contributed by atoms with Gasteiger partial charge in [-0.15, -0.1) is 0 Å². The first-order chi connectivity index (χ1) is 8.58. The number of hydrogen-bond donors (Lipinski definition) is 1. The van der Waals surface area contributed by atoms with Crippen LogP contribution in [-0.2, 0) is 0 Å². The van der Waals surface area contributed by atoms with Gasteiger partial charge < -0.3 is 10.2 Å². The van der Waals surface area contributed by atoms with Crippen LogP contribution >= 0.6 is 0 Å². The summed E-state index contributed by atoms with van der Waals surface area (Å²) in [5, 5.41) is 3.04. The van der Waals surface area contributed by atoms with Gasteiger partial charge in [0, 0.05) is 18.3 Å². The van der Waals surface area contributed by atoms with Crippen LogP contribution in [0, 0.1) is 13.8 Å². The summed E-state index contributed by atoms with van der Waals surface area (Å²) >= 11 is 0. The highest BCUT2D eigenvalue weighted by Crippen LogP contribution is 2.20. The lowest BCUT2D eigenvalue weighted by Crippen LogP contribution is -2.44. The molecule has 1 atom stereocenters. The predicted octanol–water partition coefficient (Wildman–Crippen LogP) is 3.71. The maximum Gasteiger partial charge on any atom is 0.322 e. The molecule has 0 bridgehead atoms. The number of urea groups is 1. The van der Waals surface area contributed by atoms with Gasteiger partial charge in [0.05, 0.1) is 0 Å². The maximum absolute atomic E-state index is 12.3. The van der Waals surface area contributed by atoms with Crippen molar-refractivity contribution < 1.29 is 4.79 Å². The van der Waals surface area contributed by atoms with E-state index in [0.29, 0.717) is 6.04 Å². The van der Waals surface area contributed by atoms with Crippen LogP contribution in [0.1, 0.15) is 37.3 Å². The van der Waals surface area contributed by atoms with E-state index in [1.54, 1.807) is 0 Å². The second kappa shape index (κ2) is 5.42. The summed E-state index contributed by atoms with van der Waals surface area (Å²) in [6, 6.07) is 6.53. The number of carbonyl (C=O) groups excluding carboxylic acids is 1. The molecule has 0 spiro atoms. The van der Waals surface area contributed by atoms with Crippen molar-refractivity contribution in [3.8, 4) is 0 Å². The Bertz CT molecular complexity index is 442. The lowest BCUT2D eigenvalue weighted by atomic mass is 10.0. The molecule has 0 radical (unpaired) electrons. The Labute approximate surface area is 109 Å². The molecule has 0 unspecified atom stereocenters. The quantitative estimate of drug-likeness (QED) is 0.805. The molecule has 18 heavy (non-hydrogen) atoms. The van der Waals surface area contributed by atoms with E-state index in [-0.39, 0.29) is 6.03 Å². The fraction of sp³-hybridized carbons (Fsp3) is 0.533. The van der Waals surface area contributed by atoms with E-state index in [9.17, 15) is 4.79 Å². The third-order valence-corrected chi connectivity index (χ3v) is 3.70. The molecule has 2 amide bonds. The second-order valence-electron chi connectivity index (χ2n) is 5.29. The molecule has 0 aliphatic carbocycles. The number of amides is 2. The van der Waals surface area contributed by atoms with Crippen molar-refractivity contribution in [3.63, 3.8) is 0 Å². The molecule has 1 aliphatic heterocycles. The molecule has 1 N–H and O–H groups in total. The smallest absolute Gasteiger partial charge is 0.322 e. The zero-order valence-electron chi connectivity index (χ0n) is 11.5. The van der Waals surface area contributed by atoms with Gasteiger partial charge >= 0.3 is 6.03 Å². The molecule has 1 saturated heterocycles. The van der Waals surface area contributed by atoms with Gasteiger partial charge in [-0.1, -0.05) is 12.1 Å². The van der Waals surface area contributed by atoms with E-state index in [4.69, 9.17) is 0 Å². The van der Waals surface area contributed by atoms with Crippen LogP contribution < -0.4 is 5.32 Å². The van der Waals surface area contributed by atoms with E-state index < -0.39 is 0 Å². The van der Waals surface area contributed by atoms with Crippen LogP contribution in [0.15, 0.2) is 18.2 Å². The van der Waals surface area contributed by atoms with Crippen LogP contribution in [0.3, 0.4) is 0 Å². The highest BCUT2D eigenvalue weighted by molar-refractivity contribution is 5.90. The Balaban J connectivity index is 2.08. The molecule has 1 aromatic carbocycles. The van der Waals surface area contributed by atoms with Crippen LogP contribution in [0.2, 0.25) is 0 Å². The summed E-state index contributed by atoms with van der Waals surface area (Å²) in [4.78, 5) is 14.2. The molecule has 1 aliphatic rings. The van der Waals surface area contributed by atoms with E-state index >= 15 is 0 Å². The lowest BCUT2D eigenvalue weighted by molar-refractivity contribution is 0.170. The molecule has 3 nitrogen and oxygen atoms in total. The molecule has 1 fully saturated rings. The Morgan fingerprint density at radius 3 is 2.83 bits per heavy atom. The van der Waals surface area contributed by atoms with Crippen LogP contribution in [0.4, 0.5) is 10.5 Å². The third kappa shape index (κ3) is 2.84. The Morgan fingerprint density at radius 2 is 2.11 bits per heavy atom. The SMILES string of the molecule is Cc1ccc(C)c(NC(=O)N2CCCC[C@@H]2C)c1. The first kappa shape index (κ1) is 12.9. The summed E-state index contributed by atoms with van der Waals surface area (Å²) in [6.45, 7) is 7.06. The summed E-state index contributed by atoms with van der Waals surface area (Å²) in [5.74, 6) is 0. The number of anilines is 1. The molecule has 1 heterocycles. The van der Waals surface area contributed by atoms with Gasteiger partial charge in [-0.3, -0.25) is 0 Å². The maximum atomic E-state index is 12.3. The Kier molecular flexibility index (Phi) is 3.90. The summed E-state index contributed by atoms with van der Waals surface area (Å²) < 4.78 is 0. The normalized spacial score (nSPS) is 19.7. The number of rotatable bonds is 1. The molecule has 0 aromatic heterocycles. The second-order valence-corrected chi connectivity index (χ2v) is 5.29. The van der Waals surface area contributed by atoms with Crippen molar-refractivity contribution in [2.24, 2.45) is 0 Å². The molecule has 0 saturated carbocycles. The molecular weight excluding hydrogens is 224 g/mol. The van der Waals surface area contributed by atoms with E-state index in [0.717, 1.165) is 30.6 Å². The van der Waals surface area contributed by atoms with Gasteiger partial charge in [0.2, 0.25) is 0 Å². The van der Waals surface area contributed by atoms with Crippen molar-refractivity contribution in [1.82, 2.24) is 4.90 Å². The van der Waals surface area contributed by atoms with Crippen molar-refractivity contribution >= 4 is 11.7 Å². The predicted molar refractivity (Wildman–Crippen MR) is 75.0 cm³/mol. The van der Waals surface area contributed by atoms with Crippen LogP contribution in [0.25, 0.3) is 0 Å². The highest BCUT2D eigenvalue weighted by atomic mass is 16.2. The number of nitrogens with zero attached hydrogens (tertiary/aromatic N) is 1. The van der Waals surface area contributed by atoms with E-state index in [2.05, 4.69) is 18.3 Å². The van der Waals surface area contributed by atoms with Crippen molar-refractivity contribution in [3.05, 3.63) is 29.3 Å². The molecule has 2 rings (SSSR count). The highest BCUT2D eigenvalue weighted by Gasteiger charge is 2.23. The number of likely N-dealkylation sites (tertiary alicyclic amines) is 1. The average molecular weight is 246 g/mol. The number of benzene rings is 1. The Hall–Kier alpha value is -1.51. The lowest BCUT2D eigenvalue weighted by Gasteiger charge is -2.33.